The van der Waals surface area contributed by atoms with E-state index in [-0.39, 0.29) is 6.04 Å². The lowest BCUT2D eigenvalue weighted by Gasteiger charge is -2.04. The number of rotatable bonds is 3. The van der Waals surface area contributed by atoms with Crippen LogP contribution in [-0.2, 0) is 10.2 Å². The van der Waals surface area contributed by atoms with E-state index in [9.17, 15) is 12.3 Å². The van der Waals surface area contributed by atoms with Gasteiger partial charge in [0.1, 0.15) is 0 Å². The molecule has 1 N–H and O–H groups in total. The highest BCUT2D eigenvalue weighted by Gasteiger charge is 2.11. The van der Waals surface area contributed by atoms with Crippen molar-refractivity contribution in [2.24, 2.45) is 0 Å². The van der Waals surface area contributed by atoms with Crippen molar-refractivity contribution >= 4 is 10.2 Å². The van der Waals surface area contributed by atoms with Crippen molar-refractivity contribution in [2.45, 2.75) is 13.0 Å². The summed E-state index contributed by atoms with van der Waals surface area (Å²) in [5.74, 6) is -0.455. The van der Waals surface area contributed by atoms with E-state index in [1.54, 1.807) is 14.0 Å². The average molecular weight is 155 g/mol. The number of halogens is 1. The van der Waals surface area contributed by atoms with Gasteiger partial charge in [-0.25, -0.2) is 0 Å². The van der Waals surface area contributed by atoms with Gasteiger partial charge in [-0.2, -0.15) is 8.42 Å². The first-order valence-electron chi connectivity index (χ1n) is 2.55. The van der Waals surface area contributed by atoms with Crippen molar-refractivity contribution in [1.29, 1.82) is 0 Å². The van der Waals surface area contributed by atoms with Crippen LogP contribution in [0.15, 0.2) is 0 Å². The molecule has 56 valence electrons. The lowest BCUT2D eigenvalue weighted by Crippen LogP contribution is -2.28. The predicted molar refractivity (Wildman–Crippen MR) is 33.4 cm³/mol. The maximum atomic E-state index is 11.8. The summed E-state index contributed by atoms with van der Waals surface area (Å²) in [7, 11) is -2.72. The summed E-state index contributed by atoms with van der Waals surface area (Å²) in [4.78, 5) is 0. The van der Waals surface area contributed by atoms with E-state index in [1.165, 1.54) is 0 Å². The van der Waals surface area contributed by atoms with Gasteiger partial charge < -0.3 is 5.32 Å². The minimum absolute atomic E-state index is 0.319. The maximum Gasteiger partial charge on any atom is 0.303 e. The second-order valence-electron chi connectivity index (χ2n) is 1.90. The van der Waals surface area contributed by atoms with E-state index in [2.05, 4.69) is 5.32 Å². The van der Waals surface area contributed by atoms with Crippen LogP contribution in [0.5, 0.6) is 0 Å². The summed E-state index contributed by atoms with van der Waals surface area (Å²) in [6.45, 7) is 1.59. The summed E-state index contributed by atoms with van der Waals surface area (Å²) < 4.78 is 31.5. The molecule has 5 heteroatoms. The minimum atomic E-state index is -4.30. The molecule has 1 unspecified atom stereocenters. The Bertz CT molecular complexity index is 165. The molecule has 0 aromatic heterocycles. The fourth-order valence-electron chi connectivity index (χ4n) is 0.382. The first kappa shape index (κ1) is 8.84. The van der Waals surface area contributed by atoms with E-state index in [4.69, 9.17) is 0 Å². The molecule has 1 atom stereocenters. The summed E-state index contributed by atoms with van der Waals surface area (Å²) in [6.07, 6.45) is 0. The Morgan fingerprint density at radius 1 is 1.67 bits per heavy atom. The van der Waals surface area contributed by atoms with Crippen molar-refractivity contribution in [3.63, 3.8) is 0 Å². The molecule has 0 amide bonds. The van der Waals surface area contributed by atoms with Crippen molar-refractivity contribution in [3.05, 3.63) is 0 Å². The van der Waals surface area contributed by atoms with Gasteiger partial charge in [-0.3, -0.25) is 0 Å². The summed E-state index contributed by atoms with van der Waals surface area (Å²) in [5.41, 5.74) is 0. The molecule has 0 bridgehead atoms. The van der Waals surface area contributed by atoms with E-state index >= 15 is 0 Å². The van der Waals surface area contributed by atoms with Crippen LogP contribution >= 0.6 is 0 Å². The lowest BCUT2D eigenvalue weighted by molar-refractivity contribution is 0.537. The molecule has 0 spiro atoms. The second-order valence-corrected chi connectivity index (χ2v) is 3.31. The normalized spacial score (nSPS) is 15.4. The van der Waals surface area contributed by atoms with Crippen LogP contribution < -0.4 is 5.32 Å². The van der Waals surface area contributed by atoms with Crippen LogP contribution in [0.3, 0.4) is 0 Å². The Hall–Kier alpha value is -0.160. The summed E-state index contributed by atoms with van der Waals surface area (Å²) in [6, 6.07) is -0.319. The molecule has 9 heavy (non-hydrogen) atoms. The zero-order valence-electron chi connectivity index (χ0n) is 5.39. The molecule has 0 aliphatic heterocycles. The summed E-state index contributed by atoms with van der Waals surface area (Å²) in [5, 5.41) is 2.60. The molecule has 3 nitrogen and oxygen atoms in total. The van der Waals surface area contributed by atoms with Gasteiger partial charge in [-0.15, -0.1) is 3.89 Å². The monoisotopic (exact) mass is 155 g/mol. The lowest BCUT2D eigenvalue weighted by atomic mass is 10.4. The third-order valence-corrected chi connectivity index (χ3v) is 1.84. The predicted octanol–water partition coefficient (Wildman–Crippen LogP) is -0.106. The third-order valence-electron chi connectivity index (χ3n) is 0.942. The van der Waals surface area contributed by atoms with Crippen molar-refractivity contribution in [1.82, 2.24) is 5.32 Å². The highest BCUT2D eigenvalue weighted by Crippen LogP contribution is 1.93. The van der Waals surface area contributed by atoms with Gasteiger partial charge in [-0.1, -0.05) is 0 Å². The number of hydrogen-bond acceptors (Lipinski definition) is 3. The van der Waals surface area contributed by atoms with Crippen LogP contribution in [0.1, 0.15) is 6.92 Å². The second kappa shape index (κ2) is 3.12. The fourth-order valence-corrected chi connectivity index (χ4v) is 1.15. The Labute approximate surface area is 54.5 Å². The zero-order chi connectivity index (χ0) is 7.49. The quantitative estimate of drug-likeness (QED) is 0.578. The summed E-state index contributed by atoms with van der Waals surface area (Å²) >= 11 is 0. The third kappa shape index (κ3) is 5.72. The molecule has 0 heterocycles. The van der Waals surface area contributed by atoms with Gasteiger partial charge in [0, 0.05) is 6.04 Å². The fraction of sp³-hybridized carbons (Fsp3) is 1.00. The Morgan fingerprint density at radius 2 is 2.11 bits per heavy atom. The van der Waals surface area contributed by atoms with Gasteiger partial charge in [0.25, 0.3) is 0 Å². The molecule has 0 aromatic rings. The van der Waals surface area contributed by atoms with Crippen molar-refractivity contribution in [3.8, 4) is 0 Å². The van der Waals surface area contributed by atoms with Gasteiger partial charge in [-0.05, 0) is 14.0 Å². The van der Waals surface area contributed by atoms with Crippen LogP contribution in [0.25, 0.3) is 0 Å². The molecular formula is C4H10FNO2S. The van der Waals surface area contributed by atoms with Crippen LogP contribution in [0.2, 0.25) is 0 Å². The van der Waals surface area contributed by atoms with Gasteiger partial charge in [0.2, 0.25) is 0 Å². The van der Waals surface area contributed by atoms with Gasteiger partial charge >= 0.3 is 10.2 Å². The van der Waals surface area contributed by atoms with E-state index in [0.717, 1.165) is 0 Å². The van der Waals surface area contributed by atoms with Crippen LogP contribution in [0, 0.1) is 0 Å². The highest BCUT2D eigenvalue weighted by molar-refractivity contribution is 7.86. The molecule has 0 rings (SSSR count). The van der Waals surface area contributed by atoms with Crippen molar-refractivity contribution in [2.75, 3.05) is 12.8 Å². The van der Waals surface area contributed by atoms with E-state index in [0.29, 0.717) is 0 Å². The van der Waals surface area contributed by atoms with Gasteiger partial charge in [0.05, 0.1) is 5.75 Å². The molecular weight excluding hydrogens is 145 g/mol. The number of hydrogen-bond donors (Lipinski definition) is 1. The van der Waals surface area contributed by atoms with Crippen molar-refractivity contribution < 1.29 is 12.3 Å². The van der Waals surface area contributed by atoms with Gasteiger partial charge in [0.15, 0.2) is 0 Å². The Kier molecular flexibility index (Phi) is 3.07. The molecule has 0 fully saturated rings. The molecule has 0 radical (unpaired) electrons. The maximum absolute atomic E-state index is 11.8. The molecule has 0 aromatic carbocycles. The minimum Gasteiger partial charge on any atom is -0.316 e. The average Bonchev–Trinajstić information content (AvgIpc) is 1.62. The topological polar surface area (TPSA) is 46.2 Å². The van der Waals surface area contributed by atoms with E-state index in [1.807, 2.05) is 0 Å². The smallest absolute Gasteiger partial charge is 0.303 e. The molecule has 0 saturated heterocycles. The SMILES string of the molecule is CNC(C)CS(=O)(=O)F. The number of nitrogens with one attached hydrogen (secondary N) is 1. The molecule has 0 aliphatic rings. The first-order valence-corrected chi connectivity index (χ1v) is 4.10. The first-order chi connectivity index (χ1) is 3.95. The van der Waals surface area contributed by atoms with E-state index < -0.39 is 16.0 Å². The zero-order valence-corrected chi connectivity index (χ0v) is 6.20. The highest BCUT2D eigenvalue weighted by atomic mass is 32.3. The van der Waals surface area contributed by atoms with Crippen LogP contribution in [-0.4, -0.2) is 27.3 Å². The van der Waals surface area contributed by atoms with Crippen LogP contribution in [0.4, 0.5) is 3.89 Å². The Morgan fingerprint density at radius 3 is 2.22 bits per heavy atom. The standard InChI is InChI=1S/C4H10FNO2S/c1-4(6-2)3-9(5,7)8/h4,6H,3H2,1-2H3. The Balaban J connectivity index is 3.75. The molecule has 0 aliphatic carbocycles. The molecule has 0 saturated carbocycles. The largest absolute Gasteiger partial charge is 0.316 e.